The van der Waals surface area contributed by atoms with E-state index < -0.39 is 16.0 Å². The summed E-state index contributed by atoms with van der Waals surface area (Å²) in [6, 6.07) is 0. The van der Waals surface area contributed by atoms with Crippen molar-refractivity contribution in [2.75, 3.05) is 32.4 Å². The predicted octanol–water partition coefficient (Wildman–Crippen LogP) is -0.278. The Morgan fingerprint density at radius 1 is 1.53 bits per heavy atom. The van der Waals surface area contributed by atoms with E-state index >= 15 is 0 Å². The molecule has 1 unspecified atom stereocenters. The van der Waals surface area contributed by atoms with E-state index in [-0.39, 0.29) is 12.3 Å². The summed E-state index contributed by atoms with van der Waals surface area (Å²) in [5, 5.41) is 8.60. The maximum absolute atomic E-state index is 11.0. The second kappa shape index (κ2) is 6.32. The molecule has 0 bridgehead atoms. The van der Waals surface area contributed by atoms with Crippen LogP contribution in [-0.2, 0) is 14.8 Å². The lowest BCUT2D eigenvalue weighted by Gasteiger charge is -2.32. The van der Waals surface area contributed by atoms with Crippen LogP contribution in [0.25, 0.3) is 0 Å². The Bertz CT molecular complexity index is 355. The first-order valence-electron chi connectivity index (χ1n) is 5.75. The van der Waals surface area contributed by atoms with Crippen LogP contribution in [0.4, 0.5) is 0 Å². The van der Waals surface area contributed by atoms with Gasteiger partial charge in [0.15, 0.2) is 0 Å². The average Bonchev–Trinajstić information content (AvgIpc) is 2.23. The third kappa shape index (κ3) is 6.60. The van der Waals surface area contributed by atoms with E-state index in [1.165, 1.54) is 0 Å². The van der Waals surface area contributed by atoms with E-state index in [1.54, 1.807) is 0 Å². The number of sulfonamides is 1. The molecule has 1 saturated heterocycles. The second-order valence-electron chi connectivity index (χ2n) is 4.57. The van der Waals surface area contributed by atoms with Gasteiger partial charge in [-0.25, -0.2) is 13.1 Å². The first-order valence-corrected chi connectivity index (χ1v) is 7.65. The highest BCUT2D eigenvalue weighted by Crippen LogP contribution is 2.15. The van der Waals surface area contributed by atoms with Crippen molar-refractivity contribution in [1.29, 1.82) is 0 Å². The summed E-state index contributed by atoms with van der Waals surface area (Å²) in [5.41, 5.74) is 0. The minimum Gasteiger partial charge on any atom is -0.481 e. The molecule has 0 aromatic heterocycles. The van der Waals surface area contributed by atoms with Crippen molar-refractivity contribution in [3.63, 3.8) is 0 Å². The van der Waals surface area contributed by atoms with Crippen LogP contribution in [0.1, 0.15) is 19.3 Å². The van der Waals surface area contributed by atoms with Crippen molar-refractivity contribution in [3.05, 3.63) is 0 Å². The van der Waals surface area contributed by atoms with Gasteiger partial charge in [-0.3, -0.25) is 4.79 Å². The fourth-order valence-corrected chi connectivity index (χ4v) is 2.58. The van der Waals surface area contributed by atoms with Crippen molar-refractivity contribution < 1.29 is 18.3 Å². The van der Waals surface area contributed by atoms with Crippen molar-refractivity contribution in [2.45, 2.75) is 19.3 Å². The lowest BCUT2D eigenvalue weighted by molar-refractivity contribution is -0.137. The number of aliphatic carboxylic acids is 1. The second-order valence-corrected chi connectivity index (χ2v) is 6.41. The molecule has 0 aromatic rings. The smallest absolute Gasteiger partial charge is 0.304 e. The predicted molar refractivity (Wildman–Crippen MR) is 64.3 cm³/mol. The molecule has 0 radical (unpaired) electrons. The molecule has 0 aromatic carbocycles. The standard InChI is InChI=1S/C10H20N2O4S/c1-17(15,16)11-7-9-3-2-5-12(8-9)6-4-10(13)14/h9,11H,2-8H2,1H3,(H,13,14). The van der Waals surface area contributed by atoms with Gasteiger partial charge < -0.3 is 10.0 Å². The molecule has 0 aliphatic carbocycles. The molecule has 7 heteroatoms. The van der Waals surface area contributed by atoms with Crippen LogP contribution < -0.4 is 4.72 Å². The first-order chi connectivity index (χ1) is 7.87. The maximum Gasteiger partial charge on any atom is 0.304 e. The van der Waals surface area contributed by atoms with Crippen molar-refractivity contribution in [3.8, 4) is 0 Å². The highest BCUT2D eigenvalue weighted by molar-refractivity contribution is 7.88. The number of hydrogen-bond donors (Lipinski definition) is 2. The highest BCUT2D eigenvalue weighted by atomic mass is 32.2. The summed E-state index contributed by atoms with van der Waals surface area (Å²) in [4.78, 5) is 12.6. The maximum atomic E-state index is 11.0. The molecular weight excluding hydrogens is 244 g/mol. The van der Waals surface area contributed by atoms with Crippen LogP contribution >= 0.6 is 0 Å². The SMILES string of the molecule is CS(=O)(=O)NCC1CCCN(CCC(=O)O)C1. The van der Waals surface area contributed by atoms with E-state index in [4.69, 9.17) is 5.11 Å². The number of carbonyl (C=O) groups is 1. The van der Waals surface area contributed by atoms with Gasteiger partial charge in [0.1, 0.15) is 0 Å². The Morgan fingerprint density at radius 3 is 2.82 bits per heavy atom. The van der Waals surface area contributed by atoms with E-state index in [0.29, 0.717) is 13.1 Å². The van der Waals surface area contributed by atoms with E-state index in [9.17, 15) is 13.2 Å². The van der Waals surface area contributed by atoms with Crippen LogP contribution in [0.3, 0.4) is 0 Å². The molecule has 1 aliphatic rings. The number of carboxylic acids is 1. The van der Waals surface area contributed by atoms with Gasteiger partial charge >= 0.3 is 5.97 Å². The molecule has 0 amide bonds. The zero-order chi connectivity index (χ0) is 12.9. The van der Waals surface area contributed by atoms with Gasteiger partial charge in [0, 0.05) is 19.6 Å². The molecule has 1 atom stereocenters. The molecule has 6 nitrogen and oxygen atoms in total. The molecule has 2 N–H and O–H groups in total. The largest absolute Gasteiger partial charge is 0.481 e. The molecule has 0 saturated carbocycles. The summed E-state index contributed by atoms with van der Waals surface area (Å²) < 4.78 is 24.4. The number of piperidine rings is 1. The van der Waals surface area contributed by atoms with Crippen LogP contribution in [0, 0.1) is 5.92 Å². The monoisotopic (exact) mass is 264 g/mol. The summed E-state index contributed by atoms with van der Waals surface area (Å²) in [6.45, 7) is 2.67. The number of nitrogens with one attached hydrogen (secondary N) is 1. The quantitative estimate of drug-likeness (QED) is 0.689. The Balaban J connectivity index is 2.31. The van der Waals surface area contributed by atoms with Crippen LogP contribution in [0.2, 0.25) is 0 Å². The molecule has 1 rings (SSSR count). The van der Waals surface area contributed by atoms with Crippen molar-refractivity contribution in [1.82, 2.24) is 9.62 Å². The van der Waals surface area contributed by atoms with E-state index in [2.05, 4.69) is 9.62 Å². The Morgan fingerprint density at radius 2 is 2.24 bits per heavy atom. The Kier molecular flexibility index (Phi) is 5.35. The molecule has 17 heavy (non-hydrogen) atoms. The highest BCUT2D eigenvalue weighted by Gasteiger charge is 2.20. The Hall–Kier alpha value is -0.660. The van der Waals surface area contributed by atoms with Gasteiger partial charge in [-0.05, 0) is 25.3 Å². The van der Waals surface area contributed by atoms with Gasteiger partial charge in [-0.15, -0.1) is 0 Å². The number of rotatable bonds is 6. The third-order valence-corrected chi connectivity index (χ3v) is 3.57. The zero-order valence-electron chi connectivity index (χ0n) is 10.1. The lowest BCUT2D eigenvalue weighted by Crippen LogP contribution is -2.41. The average molecular weight is 264 g/mol. The van der Waals surface area contributed by atoms with Gasteiger partial charge in [0.25, 0.3) is 0 Å². The number of likely N-dealkylation sites (tertiary alicyclic amines) is 1. The molecule has 0 spiro atoms. The molecule has 100 valence electrons. The van der Waals surface area contributed by atoms with Gasteiger partial charge in [-0.1, -0.05) is 0 Å². The minimum absolute atomic E-state index is 0.145. The summed E-state index contributed by atoms with van der Waals surface area (Å²) in [6.07, 6.45) is 3.28. The fourth-order valence-electron chi connectivity index (χ4n) is 2.04. The summed E-state index contributed by atoms with van der Waals surface area (Å²) >= 11 is 0. The number of nitrogens with zero attached hydrogens (tertiary/aromatic N) is 1. The van der Waals surface area contributed by atoms with Gasteiger partial charge in [0.05, 0.1) is 12.7 Å². The third-order valence-electron chi connectivity index (χ3n) is 2.88. The van der Waals surface area contributed by atoms with E-state index in [1.807, 2.05) is 0 Å². The zero-order valence-corrected chi connectivity index (χ0v) is 10.9. The number of carboxylic acid groups (broad SMARTS) is 1. The number of hydrogen-bond acceptors (Lipinski definition) is 4. The molecule has 1 heterocycles. The van der Waals surface area contributed by atoms with Crippen molar-refractivity contribution >= 4 is 16.0 Å². The van der Waals surface area contributed by atoms with Gasteiger partial charge in [0.2, 0.25) is 10.0 Å². The molecule has 1 fully saturated rings. The minimum atomic E-state index is -3.13. The van der Waals surface area contributed by atoms with Crippen molar-refractivity contribution in [2.24, 2.45) is 5.92 Å². The normalized spacial score (nSPS) is 22.5. The first kappa shape index (κ1) is 14.4. The topological polar surface area (TPSA) is 86.7 Å². The van der Waals surface area contributed by atoms with Gasteiger partial charge in [-0.2, -0.15) is 0 Å². The van der Waals surface area contributed by atoms with E-state index in [0.717, 1.165) is 32.2 Å². The van der Waals surface area contributed by atoms with Crippen LogP contribution in [-0.4, -0.2) is 56.8 Å². The van der Waals surface area contributed by atoms with Crippen LogP contribution in [0.15, 0.2) is 0 Å². The van der Waals surface area contributed by atoms with Crippen LogP contribution in [0.5, 0.6) is 0 Å². The summed E-state index contributed by atoms with van der Waals surface area (Å²) in [7, 11) is -3.13. The lowest BCUT2D eigenvalue weighted by atomic mass is 9.98. The molecule has 1 aliphatic heterocycles. The summed E-state index contributed by atoms with van der Waals surface area (Å²) in [5.74, 6) is -0.506. The Labute approximate surface area is 102 Å². The molecular formula is C10H20N2O4S. The fraction of sp³-hybridized carbons (Fsp3) is 0.900.